The van der Waals surface area contributed by atoms with E-state index >= 15 is 0 Å². The van der Waals surface area contributed by atoms with Crippen molar-refractivity contribution >= 4 is 11.6 Å². The number of Topliss-reactive ketones (excluding diaryl/α,β-unsaturated/α-hetero) is 2. The van der Waals surface area contributed by atoms with Crippen LogP contribution in [0.3, 0.4) is 0 Å². The second-order valence-corrected chi connectivity index (χ2v) is 4.55. The first-order valence-electron chi connectivity index (χ1n) is 5.20. The molecule has 2 rings (SSSR count). The van der Waals surface area contributed by atoms with E-state index in [0.29, 0.717) is 0 Å². The van der Waals surface area contributed by atoms with Gasteiger partial charge in [-0.25, -0.2) is 0 Å². The molecule has 0 bridgehead atoms. The second-order valence-electron chi connectivity index (χ2n) is 4.55. The summed E-state index contributed by atoms with van der Waals surface area (Å²) < 4.78 is 0. The van der Waals surface area contributed by atoms with Gasteiger partial charge in [-0.2, -0.15) is 0 Å². The number of hydrogen-bond acceptors (Lipinski definition) is 2. The van der Waals surface area contributed by atoms with Crippen molar-refractivity contribution in [1.29, 1.82) is 0 Å². The van der Waals surface area contributed by atoms with Crippen LogP contribution < -0.4 is 0 Å². The molecule has 1 unspecified atom stereocenters. The molecule has 0 N–H and O–H groups in total. The first-order chi connectivity index (χ1) is 6.16. The lowest BCUT2D eigenvalue weighted by molar-refractivity contribution is -0.134. The summed E-state index contributed by atoms with van der Waals surface area (Å²) in [5, 5.41) is 0. The highest BCUT2D eigenvalue weighted by Crippen LogP contribution is 2.50. The predicted octanol–water partition coefficient (Wildman–Crippen LogP) is 2.11. The van der Waals surface area contributed by atoms with Crippen LogP contribution in [0.25, 0.3) is 0 Å². The van der Waals surface area contributed by atoms with Gasteiger partial charge in [0, 0.05) is 5.41 Å². The molecule has 2 nitrogen and oxygen atoms in total. The molecule has 72 valence electrons. The van der Waals surface area contributed by atoms with Crippen LogP contribution in [0.15, 0.2) is 0 Å². The molecule has 1 atom stereocenters. The molecular formula is C11H16O2. The molecule has 13 heavy (non-hydrogen) atoms. The van der Waals surface area contributed by atoms with Crippen molar-refractivity contribution in [2.24, 2.45) is 11.3 Å². The van der Waals surface area contributed by atoms with Crippen LogP contribution in [-0.2, 0) is 9.59 Å². The van der Waals surface area contributed by atoms with Crippen LogP contribution in [0.2, 0.25) is 0 Å². The van der Waals surface area contributed by atoms with Gasteiger partial charge >= 0.3 is 0 Å². The van der Waals surface area contributed by atoms with Gasteiger partial charge in [-0.05, 0) is 32.6 Å². The quantitative estimate of drug-likeness (QED) is 0.579. The highest BCUT2D eigenvalue weighted by Gasteiger charge is 2.49. The lowest BCUT2D eigenvalue weighted by atomic mass is 9.82. The average Bonchev–Trinajstić information content (AvgIpc) is 2.64. The van der Waals surface area contributed by atoms with E-state index in [0.717, 1.165) is 25.7 Å². The lowest BCUT2D eigenvalue weighted by Crippen LogP contribution is -2.28. The van der Waals surface area contributed by atoms with Crippen LogP contribution in [0, 0.1) is 11.3 Å². The summed E-state index contributed by atoms with van der Waals surface area (Å²) in [4.78, 5) is 23.1. The van der Waals surface area contributed by atoms with Crippen molar-refractivity contribution < 1.29 is 9.59 Å². The van der Waals surface area contributed by atoms with Gasteiger partial charge in [0.2, 0.25) is 0 Å². The van der Waals surface area contributed by atoms with Crippen LogP contribution in [0.5, 0.6) is 0 Å². The van der Waals surface area contributed by atoms with Gasteiger partial charge in [0.05, 0.1) is 5.92 Å². The molecule has 0 aliphatic heterocycles. The summed E-state index contributed by atoms with van der Waals surface area (Å²) in [7, 11) is 0. The highest BCUT2D eigenvalue weighted by atomic mass is 16.2. The third kappa shape index (κ3) is 1.23. The van der Waals surface area contributed by atoms with E-state index in [2.05, 4.69) is 0 Å². The first-order valence-corrected chi connectivity index (χ1v) is 5.20. The van der Waals surface area contributed by atoms with Crippen molar-refractivity contribution in [3.05, 3.63) is 0 Å². The fourth-order valence-corrected chi connectivity index (χ4v) is 2.98. The Morgan fingerprint density at radius 2 is 1.92 bits per heavy atom. The SMILES string of the molecule is CC(=O)C1CCC2(CCCC2)C1=O. The molecule has 2 fully saturated rings. The molecule has 2 aliphatic rings. The zero-order valence-electron chi connectivity index (χ0n) is 8.14. The summed E-state index contributed by atoms with van der Waals surface area (Å²) in [6.07, 6.45) is 6.21. The van der Waals surface area contributed by atoms with Crippen molar-refractivity contribution in [3.8, 4) is 0 Å². The molecule has 0 aromatic heterocycles. The molecule has 0 radical (unpaired) electrons. The van der Waals surface area contributed by atoms with Gasteiger partial charge in [-0.15, -0.1) is 0 Å². The number of carbonyl (C=O) groups excluding carboxylic acids is 2. The minimum absolute atomic E-state index is 0.0592. The number of ketones is 2. The number of hydrogen-bond donors (Lipinski definition) is 0. The fourth-order valence-electron chi connectivity index (χ4n) is 2.98. The van der Waals surface area contributed by atoms with E-state index in [1.54, 1.807) is 6.92 Å². The van der Waals surface area contributed by atoms with Crippen molar-refractivity contribution in [3.63, 3.8) is 0 Å². The second kappa shape index (κ2) is 2.93. The van der Waals surface area contributed by atoms with Gasteiger partial charge in [-0.3, -0.25) is 9.59 Å². The molecule has 0 saturated heterocycles. The maximum Gasteiger partial charge on any atom is 0.149 e. The minimum atomic E-state index is -0.252. The fraction of sp³-hybridized carbons (Fsp3) is 0.818. The summed E-state index contributed by atoms with van der Waals surface area (Å²) in [6, 6.07) is 0. The molecular weight excluding hydrogens is 164 g/mol. The van der Waals surface area contributed by atoms with E-state index in [9.17, 15) is 9.59 Å². The van der Waals surface area contributed by atoms with E-state index in [1.807, 2.05) is 0 Å². The Morgan fingerprint density at radius 1 is 1.31 bits per heavy atom. The number of rotatable bonds is 1. The Labute approximate surface area is 78.7 Å². The molecule has 0 aromatic rings. The largest absolute Gasteiger partial charge is 0.299 e. The van der Waals surface area contributed by atoms with Crippen LogP contribution in [0.4, 0.5) is 0 Å². The summed E-state index contributed by atoms with van der Waals surface area (Å²) >= 11 is 0. The smallest absolute Gasteiger partial charge is 0.149 e. The van der Waals surface area contributed by atoms with E-state index in [4.69, 9.17) is 0 Å². The Hall–Kier alpha value is -0.660. The molecule has 2 aliphatic carbocycles. The molecule has 2 heteroatoms. The van der Waals surface area contributed by atoms with Gasteiger partial charge in [0.1, 0.15) is 11.6 Å². The van der Waals surface area contributed by atoms with Gasteiger partial charge in [-0.1, -0.05) is 12.8 Å². The topological polar surface area (TPSA) is 34.1 Å². The third-order valence-corrected chi connectivity index (χ3v) is 3.80. The predicted molar refractivity (Wildman–Crippen MR) is 49.3 cm³/mol. The van der Waals surface area contributed by atoms with Gasteiger partial charge in [0.15, 0.2) is 0 Å². The first kappa shape index (κ1) is 8.92. The normalized spacial score (nSPS) is 31.5. The van der Waals surface area contributed by atoms with Crippen molar-refractivity contribution in [2.75, 3.05) is 0 Å². The van der Waals surface area contributed by atoms with Crippen LogP contribution >= 0.6 is 0 Å². The Kier molecular flexibility index (Phi) is 2.01. The maximum atomic E-state index is 12.0. The lowest BCUT2D eigenvalue weighted by Gasteiger charge is -2.20. The molecule has 1 spiro atoms. The van der Waals surface area contributed by atoms with Crippen molar-refractivity contribution in [2.45, 2.75) is 45.4 Å². The monoisotopic (exact) mass is 180 g/mol. The Balaban J connectivity index is 2.19. The summed E-state index contributed by atoms with van der Waals surface area (Å²) in [5.74, 6) is 0.0874. The Bertz CT molecular complexity index is 249. The zero-order chi connectivity index (χ0) is 9.47. The van der Waals surface area contributed by atoms with E-state index < -0.39 is 0 Å². The van der Waals surface area contributed by atoms with Gasteiger partial charge < -0.3 is 0 Å². The highest BCUT2D eigenvalue weighted by molar-refractivity contribution is 6.05. The maximum absolute atomic E-state index is 12.0. The van der Waals surface area contributed by atoms with Gasteiger partial charge in [0.25, 0.3) is 0 Å². The van der Waals surface area contributed by atoms with E-state index in [-0.39, 0.29) is 22.9 Å². The van der Waals surface area contributed by atoms with Crippen LogP contribution in [-0.4, -0.2) is 11.6 Å². The van der Waals surface area contributed by atoms with Crippen molar-refractivity contribution in [1.82, 2.24) is 0 Å². The summed E-state index contributed by atoms with van der Waals surface area (Å²) in [6.45, 7) is 1.55. The Morgan fingerprint density at radius 3 is 2.38 bits per heavy atom. The zero-order valence-corrected chi connectivity index (χ0v) is 8.14. The standard InChI is InChI=1S/C11H16O2/c1-8(12)9-4-7-11(10(9)13)5-2-3-6-11/h9H,2-7H2,1H3. The van der Waals surface area contributed by atoms with E-state index in [1.165, 1.54) is 12.8 Å². The molecule has 0 amide bonds. The molecule has 0 heterocycles. The third-order valence-electron chi connectivity index (χ3n) is 3.80. The molecule has 0 aromatic carbocycles. The number of carbonyl (C=O) groups is 2. The molecule has 2 saturated carbocycles. The van der Waals surface area contributed by atoms with Crippen LogP contribution in [0.1, 0.15) is 45.4 Å². The summed E-state index contributed by atoms with van der Waals surface area (Å²) in [5.41, 5.74) is -0.0592. The average molecular weight is 180 g/mol. The minimum Gasteiger partial charge on any atom is -0.299 e.